The molecule has 1 heterocycles. The minimum Gasteiger partial charge on any atom is -0.497 e. The standard InChI is InChI=1S/C22H27NO3/c1-14-6-7-16(15(2)10-14)11-21(24)23-19-13-22(3,4)26-20-9-8-17(25-5)12-18(19)20/h6-10,12,19H,11,13H2,1-5H3,(H,23,24)/t19-/m1/s1. The Kier molecular flexibility index (Phi) is 4.94. The van der Waals surface area contributed by atoms with Crippen LogP contribution in [0, 0.1) is 13.8 Å². The van der Waals surface area contributed by atoms with E-state index in [2.05, 4.69) is 18.3 Å². The Morgan fingerprint density at radius 1 is 1.23 bits per heavy atom. The molecule has 2 aromatic carbocycles. The predicted octanol–water partition coefficient (Wildman–Crippen LogP) is 4.27. The van der Waals surface area contributed by atoms with Crippen LogP contribution in [0.25, 0.3) is 0 Å². The summed E-state index contributed by atoms with van der Waals surface area (Å²) < 4.78 is 11.4. The highest BCUT2D eigenvalue weighted by molar-refractivity contribution is 5.79. The molecule has 26 heavy (non-hydrogen) atoms. The molecule has 1 aliphatic rings. The normalized spacial score (nSPS) is 17.8. The first-order chi connectivity index (χ1) is 12.3. The van der Waals surface area contributed by atoms with Crippen LogP contribution in [0.1, 0.15) is 48.6 Å². The number of carbonyl (C=O) groups is 1. The van der Waals surface area contributed by atoms with Gasteiger partial charge in [-0.1, -0.05) is 23.8 Å². The number of aryl methyl sites for hydroxylation is 2. The molecule has 4 heteroatoms. The number of rotatable bonds is 4. The number of hydrogen-bond acceptors (Lipinski definition) is 3. The summed E-state index contributed by atoms with van der Waals surface area (Å²) in [5.41, 5.74) is 4.05. The minimum absolute atomic E-state index is 0.0217. The number of benzene rings is 2. The van der Waals surface area contributed by atoms with Crippen molar-refractivity contribution in [1.29, 1.82) is 0 Å². The highest BCUT2D eigenvalue weighted by Crippen LogP contribution is 2.41. The Labute approximate surface area is 155 Å². The molecule has 3 rings (SSSR count). The van der Waals surface area contributed by atoms with E-state index in [1.165, 1.54) is 5.56 Å². The van der Waals surface area contributed by atoms with Crippen molar-refractivity contribution in [2.75, 3.05) is 7.11 Å². The molecule has 0 unspecified atom stereocenters. The average Bonchev–Trinajstić information content (AvgIpc) is 2.56. The van der Waals surface area contributed by atoms with Crippen molar-refractivity contribution in [3.63, 3.8) is 0 Å². The van der Waals surface area contributed by atoms with E-state index in [9.17, 15) is 4.79 Å². The topological polar surface area (TPSA) is 47.6 Å². The van der Waals surface area contributed by atoms with Gasteiger partial charge in [-0.05, 0) is 57.0 Å². The zero-order valence-corrected chi connectivity index (χ0v) is 16.2. The summed E-state index contributed by atoms with van der Waals surface area (Å²) in [7, 11) is 1.64. The lowest BCUT2D eigenvalue weighted by Crippen LogP contribution is -2.41. The molecule has 4 nitrogen and oxygen atoms in total. The van der Waals surface area contributed by atoms with Gasteiger partial charge in [0.15, 0.2) is 0 Å². The Morgan fingerprint density at radius 3 is 2.69 bits per heavy atom. The smallest absolute Gasteiger partial charge is 0.224 e. The molecule has 1 aliphatic heterocycles. The second kappa shape index (κ2) is 7.02. The highest BCUT2D eigenvalue weighted by Gasteiger charge is 2.34. The van der Waals surface area contributed by atoms with Crippen molar-refractivity contribution >= 4 is 5.91 Å². The zero-order valence-electron chi connectivity index (χ0n) is 16.2. The molecule has 1 amide bonds. The first kappa shape index (κ1) is 18.3. The molecular weight excluding hydrogens is 326 g/mol. The molecule has 0 aromatic heterocycles. The van der Waals surface area contributed by atoms with Gasteiger partial charge in [-0.2, -0.15) is 0 Å². The Balaban J connectivity index is 1.81. The molecule has 0 spiro atoms. The van der Waals surface area contributed by atoms with E-state index in [0.29, 0.717) is 12.8 Å². The summed E-state index contributed by atoms with van der Waals surface area (Å²) in [4.78, 5) is 12.7. The van der Waals surface area contributed by atoms with Crippen LogP contribution in [0.5, 0.6) is 11.5 Å². The van der Waals surface area contributed by atoms with E-state index >= 15 is 0 Å². The van der Waals surface area contributed by atoms with E-state index in [1.54, 1.807) is 7.11 Å². The molecule has 0 fully saturated rings. The monoisotopic (exact) mass is 353 g/mol. The molecule has 2 aromatic rings. The molecule has 0 saturated carbocycles. The van der Waals surface area contributed by atoms with E-state index < -0.39 is 0 Å². The predicted molar refractivity (Wildman–Crippen MR) is 103 cm³/mol. The van der Waals surface area contributed by atoms with Crippen LogP contribution >= 0.6 is 0 Å². The minimum atomic E-state index is -0.334. The zero-order chi connectivity index (χ0) is 18.9. The maximum Gasteiger partial charge on any atom is 0.224 e. The van der Waals surface area contributed by atoms with Crippen LogP contribution < -0.4 is 14.8 Å². The molecule has 138 valence electrons. The van der Waals surface area contributed by atoms with Gasteiger partial charge in [-0.3, -0.25) is 4.79 Å². The van der Waals surface area contributed by atoms with Crippen molar-refractivity contribution in [2.45, 2.75) is 52.2 Å². The molecule has 0 saturated heterocycles. The maximum atomic E-state index is 12.7. The second-order valence-corrected chi connectivity index (χ2v) is 7.70. The average molecular weight is 353 g/mol. The number of carbonyl (C=O) groups excluding carboxylic acids is 1. The Bertz CT molecular complexity index is 826. The van der Waals surface area contributed by atoms with Gasteiger partial charge in [0.2, 0.25) is 5.91 Å². The van der Waals surface area contributed by atoms with Crippen LogP contribution in [0.3, 0.4) is 0 Å². The molecular formula is C22H27NO3. The second-order valence-electron chi connectivity index (χ2n) is 7.70. The SMILES string of the molecule is COc1ccc2c(c1)[C@H](NC(=O)Cc1ccc(C)cc1C)CC(C)(C)O2. The Morgan fingerprint density at radius 2 is 2.00 bits per heavy atom. The van der Waals surface area contributed by atoms with Gasteiger partial charge in [0.1, 0.15) is 17.1 Å². The summed E-state index contributed by atoms with van der Waals surface area (Å²) in [6.45, 7) is 8.20. The maximum absolute atomic E-state index is 12.7. The van der Waals surface area contributed by atoms with Crippen molar-refractivity contribution < 1.29 is 14.3 Å². The van der Waals surface area contributed by atoms with Crippen molar-refractivity contribution in [2.24, 2.45) is 0 Å². The van der Waals surface area contributed by atoms with Crippen LogP contribution in [-0.2, 0) is 11.2 Å². The molecule has 1 atom stereocenters. The third-order valence-electron chi connectivity index (χ3n) is 4.86. The number of hydrogen-bond donors (Lipinski definition) is 1. The van der Waals surface area contributed by atoms with Gasteiger partial charge in [0.25, 0.3) is 0 Å². The van der Waals surface area contributed by atoms with E-state index in [-0.39, 0.29) is 17.6 Å². The third-order valence-corrected chi connectivity index (χ3v) is 4.86. The first-order valence-corrected chi connectivity index (χ1v) is 9.00. The fourth-order valence-corrected chi connectivity index (χ4v) is 3.55. The fourth-order valence-electron chi connectivity index (χ4n) is 3.55. The number of amides is 1. The van der Waals surface area contributed by atoms with Crippen molar-refractivity contribution in [3.05, 3.63) is 58.7 Å². The van der Waals surface area contributed by atoms with Gasteiger partial charge in [0.05, 0.1) is 19.6 Å². The van der Waals surface area contributed by atoms with E-state index in [0.717, 1.165) is 28.2 Å². The van der Waals surface area contributed by atoms with Crippen molar-refractivity contribution in [3.8, 4) is 11.5 Å². The summed E-state index contributed by atoms with van der Waals surface area (Å²) in [5, 5.41) is 3.20. The summed E-state index contributed by atoms with van der Waals surface area (Å²) in [6.07, 6.45) is 1.09. The summed E-state index contributed by atoms with van der Waals surface area (Å²) >= 11 is 0. The molecule has 0 radical (unpaired) electrons. The van der Waals surface area contributed by atoms with Crippen molar-refractivity contribution in [1.82, 2.24) is 5.32 Å². The lowest BCUT2D eigenvalue weighted by molar-refractivity contribution is -0.121. The largest absolute Gasteiger partial charge is 0.497 e. The van der Waals surface area contributed by atoms with Crippen LogP contribution in [0.15, 0.2) is 36.4 Å². The Hall–Kier alpha value is -2.49. The molecule has 1 N–H and O–H groups in total. The number of ether oxygens (including phenoxy) is 2. The molecule has 0 bridgehead atoms. The van der Waals surface area contributed by atoms with Crippen LogP contribution in [-0.4, -0.2) is 18.6 Å². The van der Waals surface area contributed by atoms with Gasteiger partial charge >= 0.3 is 0 Å². The molecule has 0 aliphatic carbocycles. The third kappa shape index (κ3) is 4.01. The summed E-state index contributed by atoms with van der Waals surface area (Å²) in [6, 6.07) is 11.9. The number of methoxy groups -OCH3 is 1. The van der Waals surface area contributed by atoms with Crippen LogP contribution in [0.4, 0.5) is 0 Å². The quantitative estimate of drug-likeness (QED) is 0.893. The van der Waals surface area contributed by atoms with E-state index in [1.807, 2.05) is 51.1 Å². The van der Waals surface area contributed by atoms with Crippen LogP contribution in [0.2, 0.25) is 0 Å². The van der Waals surface area contributed by atoms with Gasteiger partial charge in [-0.15, -0.1) is 0 Å². The lowest BCUT2D eigenvalue weighted by atomic mass is 9.89. The van der Waals surface area contributed by atoms with Gasteiger partial charge in [0, 0.05) is 12.0 Å². The fraction of sp³-hybridized carbons (Fsp3) is 0.409. The number of nitrogens with one attached hydrogen (secondary N) is 1. The number of fused-ring (bicyclic) bond motifs is 1. The van der Waals surface area contributed by atoms with Gasteiger partial charge < -0.3 is 14.8 Å². The van der Waals surface area contributed by atoms with E-state index in [4.69, 9.17) is 9.47 Å². The van der Waals surface area contributed by atoms with Gasteiger partial charge in [-0.25, -0.2) is 0 Å². The first-order valence-electron chi connectivity index (χ1n) is 9.00. The lowest BCUT2D eigenvalue weighted by Gasteiger charge is -2.38. The summed E-state index contributed by atoms with van der Waals surface area (Å²) in [5.74, 6) is 1.59. The highest BCUT2D eigenvalue weighted by atomic mass is 16.5.